The van der Waals surface area contributed by atoms with Gasteiger partial charge in [0.1, 0.15) is 0 Å². The van der Waals surface area contributed by atoms with Gasteiger partial charge in [0.25, 0.3) is 0 Å². The van der Waals surface area contributed by atoms with Crippen LogP contribution in [0.5, 0.6) is 0 Å². The molecule has 0 aromatic rings. The monoisotopic (exact) mass is 180 g/mol. The third kappa shape index (κ3) is 4.88. The number of hydrogen-bond acceptors (Lipinski definition) is 4. The Morgan fingerprint density at radius 2 is 2.09 bits per heavy atom. The zero-order valence-electron chi connectivity index (χ0n) is 6.03. The summed E-state index contributed by atoms with van der Waals surface area (Å²) in [6, 6.07) is -0.420. The highest BCUT2D eigenvalue weighted by Crippen LogP contribution is 1.91. The number of carbonyl (C=O) groups is 1. The molecule has 0 fully saturated rings. The van der Waals surface area contributed by atoms with Crippen LogP contribution in [0.3, 0.4) is 0 Å². The first-order valence-corrected chi connectivity index (χ1v) is 3.58. The zero-order chi connectivity index (χ0) is 8.69. The largest absolute Gasteiger partial charge is 0.395 e. The predicted octanol–water partition coefficient (Wildman–Crippen LogP) is -1.17. The first-order chi connectivity index (χ1) is 5.22. The number of urea groups is 1. The number of hydrogen-bond donors (Lipinski definition) is 4. The minimum absolute atomic E-state index is 0.105. The number of carbonyl (C=O) groups excluding carboxylic acids is 1. The van der Waals surface area contributed by atoms with E-state index in [2.05, 4.69) is 18.1 Å². The highest BCUT2D eigenvalue weighted by atomic mass is 32.1. The molecule has 0 aliphatic carbocycles. The summed E-state index contributed by atoms with van der Waals surface area (Å²) in [4.78, 5) is 10.8. The second kappa shape index (κ2) is 6.26. The summed E-state index contributed by atoms with van der Waals surface area (Å²) in [5, 5.41) is 19.1. The number of nitrogens with zero attached hydrogens (tertiary/aromatic N) is 1. The van der Waals surface area contributed by atoms with Crippen LogP contribution >= 0.6 is 12.8 Å². The van der Waals surface area contributed by atoms with E-state index in [1.165, 1.54) is 0 Å². The van der Waals surface area contributed by atoms with Gasteiger partial charge in [0, 0.05) is 6.54 Å². The van der Waals surface area contributed by atoms with Gasteiger partial charge >= 0.3 is 6.03 Å². The van der Waals surface area contributed by atoms with E-state index in [9.17, 15) is 4.79 Å². The maximum atomic E-state index is 10.8. The Morgan fingerprint density at radius 3 is 2.55 bits per heavy atom. The fraction of sp³-hybridized carbons (Fsp3) is 0.800. The van der Waals surface area contributed by atoms with Crippen LogP contribution in [0.4, 0.5) is 4.79 Å². The number of nitrogens with one attached hydrogen (secondary N) is 1. The van der Waals surface area contributed by atoms with Gasteiger partial charge in [0.15, 0.2) is 0 Å². The van der Waals surface area contributed by atoms with Crippen LogP contribution in [-0.4, -0.2) is 46.9 Å². The van der Waals surface area contributed by atoms with Gasteiger partial charge in [0.2, 0.25) is 0 Å². The molecule has 0 saturated carbocycles. The molecule has 0 spiro atoms. The second-order valence-corrected chi connectivity index (χ2v) is 2.29. The summed E-state index contributed by atoms with van der Waals surface area (Å²) < 4.78 is 1.04. The average Bonchev–Trinajstić information content (AvgIpc) is 2.00. The Balaban J connectivity index is 3.47. The molecule has 2 amide bonds. The van der Waals surface area contributed by atoms with Crippen molar-refractivity contribution in [1.29, 1.82) is 0 Å². The molecule has 0 aliphatic heterocycles. The first-order valence-electron chi connectivity index (χ1n) is 3.18. The number of thiol groups is 1. The van der Waals surface area contributed by atoms with Crippen LogP contribution in [-0.2, 0) is 0 Å². The Labute approximate surface area is 70.5 Å². The fourth-order valence-electron chi connectivity index (χ4n) is 0.450. The number of rotatable bonds is 4. The van der Waals surface area contributed by atoms with Gasteiger partial charge in [-0.1, -0.05) is 12.8 Å². The van der Waals surface area contributed by atoms with E-state index in [-0.39, 0.29) is 26.3 Å². The van der Waals surface area contributed by atoms with Crippen LogP contribution in [0.15, 0.2) is 0 Å². The van der Waals surface area contributed by atoms with Gasteiger partial charge in [-0.25, -0.2) is 4.79 Å². The summed E-state index contributed by atoms with van der Waals surface area (Å²) in [6.45, 7) is 0.129. The van der Waals surface area contributed by atoms with Crippen molar-refractivity contribution in [2.24, 2.45) is 0 Å². The lowest BCUT2D eigenvalue weighted by molar-refractivity contribution is 0.209. The van der Waals surface area contributed by atoms with Crippen LogP contribution < -0.4 is 5.32 Å². The van der Waals surface area contributed by atoms with Crippen molar-refractivity contribution in [1.82, 2.24) is 9.62 Å². The Bertz CT molecular complexity index is 122. The van der Waals surface area contributed by atoms with Gasteiger partial charge in [-0.3, -0.25) is 4.31 Å². The minimum Gasteiger partial charge on any atom is -0.395 e. The molecule has 0 aliphatic rings. The van der Waals surface area contributed by atoms with Crippen molar-refractivity contribution < 1.29 is 15.0 Å². The molecule has 0 aromatic heterocycles. The maximum Gasteiger partial charge on any atom is 0.327 e. The molecule has 5 nitrogen and oxygen atoms in total. The highest BCUT2D eigenvalue weighted by Gasteiger charge is 2.05. The lowest BCUT2D eigenvalue weighted by Crippen LogP contribution is -2.36. The van der Waals surface area contributed by atoms with Gasteiger partial charge in [-0.2, -0.15) is 0 Å². The molecule has 66 valence electrons. The molecule has 0 saturated heterocycles. The van der Waals surface area contributed by atoms with E-state index in [0.717, 1.165) is 4.31 Å². The quantitative estimate of drug-likeness (QED) is 0.412. The summed E-state index contributed by atoms with van der Waals surface area (Å²) in [5.41, 5.74) is 0. The molecule has 0 atom stereocenters. The molecule has 11 heavy (non-hydrogen) atoms. The van der Waals surface area contributed by atoms with Crippen LogP contribution in [0.2, 0.25) is 0 Å². The highest BCUT2D eigenvalue weighted by molar-refractivity contribution is 7.78. The smallest absolute Gasteiger partial charge is 0.327 e. The molecular formula is C5H12N2O3S. The molecule has 0 rings (SSSR count). The van der Waals surface area contributed by atoms with Crippen LogP contribution in [0.1, 0.15) is 0 Å². The molecule has 0 radical (unpaired) electrons. The lowest BCUT2D eigenvalue weighted by atomic mass is 10.6. The van der Waals surface area contributed by atoms with E-state index in [1.807, 2.05) is 0 Å². The number of aliphatic hydroxyl groups excluding tert-OH is 2. The van der Waals surface area contributed by atoms with Gasteiger partial charge in [0.05, 0.1) is 19.8 Å². The van der Waals surface area contributed by atoms with Crippen molar-refractivity contribution in [2.45, 2.75) is 0 Å². The first kappa shape index (κ1) is 10.5. The van der Waals surface area contributed by atoms with Crippen LogP contribution in [0.25, 0.3) is 0 Å². The van der Waals surface area contributed by atoms with E-state index >= 15 is 0 Å². The Hall–Kier alpha value is -0.460. The summed E-state index contributed by atoms with van der Waals surface area (Å²) >= 11 is 3.76. The van der Waals surface area contributed by atoms with E-state index in [1.54, 1.807) is 0 Å². The fourth-order valence-corrected chi connectivity index (χ4v) is 0.611. The van der Waals surface area contributed by atoms with E-state index in [4.69, 9.17) is 10.2 Å². The number of aliphatic hydroxyl groups is 2. The third-order valence-electron chi connectivity index (χ3n) is 0.934. The standard InChI is InChI=1S/C5H12N2O3S/c8-3-1-6-5(10)7(11)2-4-9/h8-9,11H,1-4H2,(H,6,10). The average molecular weight is 180 g/mol. The number of amides is 2. The summed E-state index contributed by atoms with van der Waals surface area (Å²) in [5.74, 6) is 0. The molecule has 0 unspecified atom stereocenters. The van der Waals surface area contributed by atoms with Crippen molar-refractivity contribution in [3.8, 4) is 0 Å². The maximum absolute atomic E-state index is 10.8. The van der Waals surface area contributed by atoms with Crippen molar-refractivity contribution >= 4 is 18.8 Å². The molecule has 3 N–H and O–H groups in total. The molecule has 0 aromatic carbocycles. The van der Waals surface area contributed by atoms with Crippen LogP contribution in [0, 0.1) is 0 Å². The minimum atomic E-state index is -0.420. The van der Waals surface area contributed by atoms with Crippen molar-refractivity contribution in [3.63, 3.8) is 0 Å². The topological polar surface area (TPSA) is 72.8 Å². The van der Waals surface area contributed by atoms with E-state index in [0.29, 0.717) is 0 Å². The third-order valence-corrected chi connectivity index (χ3v) is 1.32. The summed E-state index contributed by atoms with van der Waals surface area (Å²) in [7, 11) is 0. The lowest BCUT2D eigenvalue weighted by Gasteiger charge is -2.13. The summed E-state index contributed by atoms with van der Waals surface area (Å²) in [6.07, 6.45) is 0. The predicted molar refractivity (Wildman–Crippen MR) is 43.3 cm³/mol. The van der Waals surface area contributed by atoms with Gasteiger partial charge < -0.3 is 15.5 Å². The van der Waals surface area contributed by atoms with Crippen molar-refractivity contribution in [3.05, 3.63) is 0 Å². The molecule has 6 heteroatoms. The molecular weight excluding hydrogens is 168 g/mol. The second-order valence-electron chi connectivity index (χ2n) is 1.80. The Kier molecular flexibility index (Phi) is 6.00. The van der Waals surface area contributed by atoms with E-state index < -0.39 is 6.03 Å². The SMILES string of the molecule is O=C(NCCO)N(S)CCO. The normalized spacial score (nSPS) is 9.36. The Morgan fingerprint density at radius 1 is 1.45 bits per heavy atom. The van der Waals surface area contributed by atoms with Gasteiger partial charge in [-0.05, 0) is 0 Å². The zero-order valence-corrected chi connectivity index (χ0v) is 6.92. The molecule has 0 bridgehead atoms. The molecule has 0 heterocycles. The van der Waals surface area contributed by atoms with Crippen molar-refractivity contribution in [2.75, 3.05) is 26.3 Å². The van der Waals surface area contributed by atoms with Gasteiger partial charge in [-0.15, -0.1) is 0 Å².